The lowest BCUT2D eigenvalue weighted by atomic mass is 9.86. The maximum atomic E-state index is 12.5. The molecule has 2 aliphatic carbocycles. The maximum Gasteiger partial charge on any atom is 0.226 e. The minimum Gasteiger partial charge on any atom is -0.497 e. The van der Waals surface area contributed by atoms with E-state index in [1.165, 1.54) is 25.7 Å². The number of amides is 1. The van der Waals surface area contributed by atoms with Gasteiger partial charge in [-0.15, -0.1) is 0 Å². The number of nitrogens with one attached hydrogen (secondary N) is 1. The van der Waals surface area contributed by atoms with Gasteiger partial charge in [-0.3, -0.25) is 4.79 Å². The van der Waals surface area contributed by atoms with Crippen LogP contribution in [-0.2, 0) is 11.2 Å². The van der Waals surface area contributed by atoms with Crippen molar-refractivity contribution in [3.63, 3.8) is 0 Å². The van der Waals surface area contributed by atoms with E-state index in [4.69, 9.17) is 9.47 Å². The van der Waals surface area contributed by atoms with Crippen molar-refractivity contribution in [3.05, 3.63) is 23.8 Å². The van der Waals surface area contributed by atoms with Crippen molar-refractivity contribution >= 4 is 5.91 Å². The second-order valence-corrected chi connectivity index (χ2v) is 7.70. The van der Waals surface area contributed by atoms with Crippen LogP contribution in [0.3, 0.4) is 0 Å². The van der Waals surface area contributed by atoms with Crippen molar-refractivity contribution in [3.8, 4) is 11.5 Å². The zero-order valence-electron chi connectivity index (χ0n) is 14.4. The van der Waals surface area contributed by atoms with Crippen LogP contribution in [0.2, 0.25) is 0 Å². The Morgan fingerprint density at radius 1 is 1.33 bits per heavy atom. The lowest BCUT2D eigenvalue weighted by molar-refractivity contribution is -0.126. The Morgan fingerprint density at radius 2 is 2.25 bits per heavy atom. The molecule has 0 spiro atoms. The summed E-state index contributed by atoms with van der Waals surface area (Å²) in [6, 6.07) is 5.80. The highest BCUT2D eigenvalue weighted by atomic mass is 16.5. The van der Waals surface area contributed by atoms with Crippen LogP contribution in [0.15, 0.2) is 18.2 Å². The fourth-order valence-electron chi connectivity index (χ4n) is 4.92. The fourth-order valence-corrected chi connectivity index (χ4v) is 4.92. The van der Waals surface area contributed by atoms with Crippen LogP contribution in [-0.4, -0.2) is 26.2 Å². The van der Waals surface area contributed by atoms with Gasteiger partial charge in [-0.1, -0.05) is 6.42 Å². The number of hydrogen-bond donors (Lipinski definition) is 1. The van der Waals surface area contributed by atoms with Crippen molar-refractivity contribution in [2.24, 2.45) is 23.7 Å². The van der Waals surface area contributed by atoms with E-state index in [1.54, 1.807) is 7.11 Å². The van der Waals surface area contributed by atoms with Gasteiger partial charge in [0, 0.05) is 6.54 Å². The summed E-state index contributed by atoms with van der Waals surface area (Å²) >= 11 is 0. The van der Waals surface area contributed by atoms with E-state index in [0.717, 1.165) is 54.2 Å². The van der Waals surface area contributed by atoms with Crippen LogP contribution in [0.1, 0.15) is 37.7 Å². The second kappa shape index (κ2) is 6.66. The largest absolute Gasteiger partial charge is 0.497 e. The molecule has 1 aromatic carbocycles. The highest BCUT2D eigenvalue weighted by Crippen LogP contribution is 2.49. The molecule has 1 heterocycles. The van der Waals surface area contributed by atoms with Gasteiger partial charge in [0.25, 0.3) is 0 Å². The second-order valence-electron chi connectivity index (χ2n) is 7.70. The molecule has 1 aromatic rings. The number of benzene rings is 1. The van der Waals surface area contributed by atoms with Crippen LogP contribution in [0.4, 0.5) is 0 Å². The van der Waals surface area contributed by atoms with Crippen LogP contribution in [0.5, 0.6) is 11.5 Å². The zero-order chi connectivity index (χ0) is 16.5. The molecule has 4 rings (SSSR count). The van der Waals surface area contributed by atoms with Crippen LogP contribution in [0.25, 0.3) is 0 Å². The number of ether oxygens (including phenoxy) is 2. The van der Waals surface area contributed by atoms with E-state index in [9.17, 15) is 4.79 Å². The standard InChI is InChI=1S/C20H27NO3/c1-23-18-4-5-19-16(11-18)10-17(12-24-19)20(22)21-7-6-15-9-13-2-3-14(15)8-13/h4-5,11,13-15,17H,2-3,6-10,12H2,1H3,(H,21,22). The van der Waals surface area contributed by atoms with E-state index >= 15 is 0 Å². The Balaban J connectivity index is 1.27. The Morgan fingerprint density at radius 3 is 3.00 bits per heavy atom. The summed E-state index contributed by atoms with van der Waals surface area (Å²) in [5.74, 6) is 4.49. The Labute approximate surface area is 143 Å². The molecule has 130 valence electrons. The molecule has 4 nitrogen and oxygen atoms in total. The van der Waals surface area contributed by atoms with Crippen LogP contribution in [0, 0.1) is 23.7 Å². The molecular formula is C20H27NO3. The number of carbonyl (C=O) groups excluding carboxylic acids is 1. The first-order chi connectivity index (χ1) is 11.7. The molecule has 1 aliphatic heterocycles. The quantitative estimate of drug-likeness (QED) is 0.902. The minimum atomic E-state index is -0.0929. The van der Waals surface area contributed by atoms with Gasteiger partial charge in [0.1, 0.15) is 18.1 Å². The van der Waals surface area contributed by atoms with Crippen LogP contribution < -0.4 is 14.8 Å². The van der Waals surface area contributed by atoms with Crippen molar-refractivity contribution in [1.29, 1.82) is 0 Å². The van der Waals surface area contributed by atoms with Crippen molar-refractivity contribution in [2.75, 3.05) is 20.3 Å². The topological polar surface area (TPSA) is 47.6 Å². The Kier molecular flexibility index (Phi) is 4.38. The van der Waals surface area contributed by atoms with Crippen molar-refractivity contribution in [2.45, 2.75) is 38.5 Å². The molecule has 4 atom stereocenters. The van der Waals surface area contributed by atoms with Gasteiger partial charge in [-0.2, -0.15) is 0 Å². The van der Waals surface area contributed by atoms with Gasteiger partial charge in [-0.25, -0.2) is 0 Å². The summed E-state index contributed by atoms with van der Waals surface area (Å²) in [7, 11) is 1.66. The van der Waals surface area contributed by atoms with Gasteiger partial charge in [0.15, 0.2) is 0 Å². The Bertz CT molecular complexity index is 615. The molecule has 4 heteroatoms. The predicted molar refractivity (Wildman–Crippen MR) is 92.2 cm³/mol. The van der Waals surface area contributed by atoms with E-state index in [2.05, 4.69) is 5.32 Å². The highest BCUT2D eigenvalue weighted by molar-refractivity contribution is 5.79. The molecule has 2 bridgehead atoms. The number of carbonyl (C=O) groups is 1. The predicted octanol–water partition coefficient (Wildman–Crippen LogP) is 3.19. The first kappa shape index (κ1) is 15.8. The fraction of sp³-hybridized carbons (Fsp3) is 0.650. The molecule has 4 unspecified atom stereocenters. The molecule has 0 saturated heterocycles. The lowest BCUT2D eigenvalue weighted by Gasteiger charge is -2.26. The van der Waals surface area contributed by atoms with Gasteiger partial charge in [0.2, 0.25) is 5.91 Å². The van der Waals surface area contributed by atoms with Crippen molar-refractivity contribution < 1.29 is 14.3 Å². The number of methoxy groups -OCH3 is 1. The van der Waals surface area contributed by atoms with Gasteiger partial charge in [0.05, 0.1) is 13.0 Å². The van der Waals surface area contributed by atoms with Gasteiger partial charge < -0.3 is 14.8 Å². The molecule has 3 aliphatic rings. The molecule has 2 fully saturated rings. The summed E-state index contributed by atoms with van der Waals surface area (Å²) in [6.07, 6.45) is 7.56. The molecule has 0 aromatic heterocycles. The first-order valence-corrected chi connectivity index (χ1v) is 9.30. The third-order valence-electron chi connectivity index (χ3n) is 6.24. The summed E-state index contributed by atoms with van der Waals surface area (Å²) in [5, 5.41) is 3.15. The third-order valence-corrected chi connectivity index (χ3v) is 6.24. The molecular weight excluding hydrogens is 302 g/mol. The summed E-state index contributed by atoms with van der Waals surface area (Å²) < 4.78 is 11.0. The van der Waals surface area contributed by atoms with Crippen molar-refractivity contribution in [1.82, 2.24) is 5.32 Å². The number of rotatable bonds is 5. The first-order valence-electron chi connectivity index (χ1n) is 9.30. The smallest absolute Gasteiger partial charge is 0.226 e. The SMILES string of the molecule is COc1ccc2c(c1)CC(C(=O)NCCC1CC3CCC1C3)CO2. The van der Waals surface area contributed by atoms with Crippen LogP contribution >= 0.6 is 0 Å². The molecule has 0 radical (unpaired) electrons. The number of fused-ring (bicyclic) bond motifs is 3. The number of hydrogen-bond acceptors (Lipinski definition) is 3. The van der Waals surface area contributed by atoms with E-state index in [-0.39, 0.29) is 11.8 Å². The average molecular weight is 329 g/mol. The minimum absolute atomic E-state index is 0.0929. The summed E-state index contributed by atoms with van der Waals surface area (Å²) in [5.41, 5.74) is 1.06. The van der Waals surface area contributed by atoms with Gasteiger partial charge >= 0.3 is 0 Å². The monoisotopic (exact) mass is 329 g/mol. The molecule has 24 heavy (non-hydrogen) atoms. The Hall–Kier alpha value is -1.71. The molecule has 1 amide bonds. The van der Waals surface area contributed by atoms with Gasteiger partial charge in [-0.05, 0) is 73.6 Å². The zero-order valence-corrected chi connectivity index (χ0v) is 14.4. The normalized spacial score (nSPS) is 30.5. The van der Waals surface area contributed by atoms with E-state index < -0.39 is 0 Å². The van der Waals surface area contributed by atoms with E-state index in [0.29, 0.717) is 6.61 Å². The maximum absolute atomic E-state index is 12.5. The average Bonchev–Trinajstić information content (AvgIpc) is 3.23. The summed E-state index contributed by atoms with van der Waals surface area (Å²) in [6.45, 7) is 1.29. The molecule has 2 saturated carbocycles. The highest BCUT2D eigenvalue weighted by Gasteiger charge is 2.39. The van der Waals surface area contributed by atoms with E-state index in [1.807, 2.05) is 18.2 Å². The third kappa shape index (κ3) is 3.11. The lowest BCUT2D eigenvalue weighted by Crippen LogP contribution is -2.38. The molecule has 1 N–H and O–H groups in total. The summed E-state index contributed by atoms with van der Waals surface area (Å²) in [4.78, 5) is 12.5.